The number of benzene rings is 1. The summed E-state index contributed by atoms with van der Waals surface area (Å²) in [6.07, 6.45) is 7.79. The van der Waals surface area contributed by atoms with Crippen LogP contribution in [0.5, 0.6) is 5.75 Å². The predicted molar refractivity (Wildman–Crippen MR) is 99.4 cm³/mol. The van der Waals surface area contributed by atoms with Gasteiger partial charge in [-0.2, -0.15) is 0 Å². The zero-order chi connectivity index (χ0) is 18.4. The molecule has 1 aromatic carbocycles. The fraction of sp³-hybridized carbons (Fsp3) is 0.500. The highest BCUT2D eigenvalue weighted by molar-refractivity contribution is 5.78. The van der Waals surface area contributed by atoms with Gasteiger partial charge in [-0.25, -0.2) is 0 Å². The summed E-state index contributed by atoms with van der Waals surface area (Å²) in [7, 11) is 0. The van der Waals surface area contributed by atoms with Crippen molar-refractivity contribution in [2.75, 3.05) is 19.7 Å². The number of primary amides is 1. The van der Waals surface area contributed by atoms with Crippen LogP contribution in [0.3, 0.4) is 0 Å². The Kier molecular flexibility index (Phi) is 6.28. The lowest BCUT2D eigenvalue weighted by Gasteiger charge is -2.27. The summed E-state index contributed by atoms with van der Waals surface area (Å²) < 4.78 is 5.60. The number of amides is 2. The molecule has 6 nitrogen and oxygen atoms in total. The largest absolute Gasteiger partial charge is 0.484 e. The number of hydrogen-bond acceptors (Lipinski definition) is 4. The van der Waals surface area contributed by atoms with E-state index >= 15 is 0 Å². The van der Waals surface area contributed by atoms with Crippen molar-refractivity contribution in [1.29, 1.82) is 0 Å². The molecule has 3 N–H and O–H groups in total. The third-order valence-corrected chi connectivity index (χ3v) is 5.11. The Balaban J connectivity index is 1.46. The van der Waals surface area contributed by atoms with E-state index in [4.69, 9.17) is 10.5 Å². The molecule has 2 atom stereocenters. The Morgan fingerprint density at radius 2 is 1.81 bits per heavy atom. The number of nitrogens with zero attached hydrogens (tertiary/aromatic N) is 1. The van der Waals surface area contributed by atoms with Gasteiger partial charge in [0.1, 0.15) is 5.75 Å². The Labute approximate surface area is 154 Å². The minimum absolute atomic E-state index is 0.0519. The molecule has 1 saturated heterocycles. The number of allylic oxidation sites excluding steroid dienone is 1. The fourth-order valence-corrected chi connectivity index (χ4v) is 3.51. The molecule has 1 aliphatic carbocycles. The monoisotopic (exact) mass is 357 g/mol. The fourth-order valence-electron chi connectivity index (χ4n) is 3.51. The number of nitrogens with two attached hydrogens (primary N) is 1. The maximum absolute atomic E-state index is 12.0. The number of nitrogens with one attached hydrogen (secondary N) is 1. The van der Waals surface area contributed by atoms with Crippen molar-refractivity contribution in [3.63, 3.8) is 0 Å². The molecule has 3 rings (SSSR count). The van der Waals surface area contributed by atoms with Crippen LogP contribution in [0, 0.1) is 5.92 Å². The highest BCUT2D eigenvalue weighted by Gasteiger charge is 2.26. The quantitative estimate of drug-likeness (QED) is 0.726. The molecular weight excluding hydrogens is 330 g/mol. The minimum atomic E-state index is -0.252. The number of ether oxygens (including phenoxy) is 1. The lowest BCUT2D eigenvalue weighted by molar-refractivity contribution is -0.132. The second kappa shape index (κ2) is 8.85. The van der Waals surface area contributed by atoms with Crippen LogP contribution < -0.4 is 15.8 Å². The summed E-state index contributed by atoms with van der Waals surface area (Å²) in [5.74, 6) is 0.338. The molecule has 1 aromatic rings. The maximum Gasteiger partial charge on any atom is 0.260 e. The van der Waals surface area contributed by atoms with Crippen LogP contribution in [-0.4, -0.2) is 42.5 Å². The van der Waals surface area contributed by atoms with Crippen molar-refractivity contribution >= 4 is 11.8 Å². The molecule has 0 aromatic heterocycles. The molecule has 1 heterocycles. The van der Waals surface area contributed by atoms with Gasteiger partial charge in [-0.05, 0) is 43.4 Å². The molecule has 2 amide bonds. The summed E-state index contributed by atoms with van der Waals surface area (Å²) in [6.45, 7) is 2.44. The van der Waals surface area contributed by atoms with Gasteiger partial charge in [0, 0.05) is 25.7 Å². The van der Waals surface area contributed by atoms with E-state index in [1.807, 2.05) is 35.2 Å². The summed E-state index contributed by atoms with van der Waals surface area (Å²) >= 11 is 0. The second-order valence-electron chi connectivity index (χ2n) is 6.96. The van der Waals surface area contributed by atoms with Gasteiger partial charge >= 0.3 is 0 Å². The van der Waals surface area contributed by atoms with Gasteiger partial charge in [-0.15, -0.1) is 0 Å². The molecule has 0 spiro atoms. The second-order valence-corrected chi connectivity index (χ2v) is 6.96. The Morgan fingerprint density at radius 1 is 1.12 bits per heavy atom. The van der Waals surface area contributed by atoms with E-state index in [1.54, 1.807) is 0 Å². The van der Waals surface area contributed by atoms with Crippen molar-refractivity contribution < 1.29 is 14.3 Å². The van der Waals surface area contributed by atoms with Gasteiger partial charge in [0.05, 0.1) is 5.92 Å². The van der Waals surface area contributed by atoms with E-state index < -0.39 is 0 Å². The molecule has 0 bridgehead atoms. The third kappa shape index (κ3) is 4.85. The molecule has 2 aliphatic rings. The zero-order valence-electron chi connectivity index (χ0n) is 15.0. The smallest absolute Gasteiger partial charge is 0.260 e. The topological polar surface area (TPSA) is 84.7 Å². The first-order valence-corrected chi connectivity index (χ1v) is 9.30. The predicted octanol–water partition coefficient (Wildman–Crippen LogP) is 1.60. The number of carbonyl (C=O) groups is 2. The lowest BCUT2D eigenvalue weighted by atomic mass is 9.88. The number of rotatable bonds is 7. The van der Waals surface area contributed by atoms with Gasteiger partial charge in [0.25, 0.3) is 5.91 Å². The van der Waals surface area contributed by atoms with E-state index in [9.17, 15) is 9.59 Å². The average molecular weight is 357 g/mol. The standard InChI is InChI=1S/C20H27N3O3/c21-20(25)17-5-1-2-6-18(17)22-13-15-7-9-16(10-8-15)26-14-19(24)23-11-3-4-12-23/h1-2,7-10,17-18,22H,3-6,11-14H2,(H2,21,25)/t17-,18-/m1/s1. The van der Waals surface area contributed by atoms with Crippen molar-refractivity contribution in [1.82, 2.24) is 10.2 Å². The molecule has 0 radical (unpaired) electrons. The molecule has 0 saturated carbocycles. The molecule has 6 heteroatoms. The average Bonchev–Trinajstić information content (AvgIpc) is 3.20. The summed E-state index contributed by atoms with van der Waals surface area (Å²) in [5.41, 5.74) is 6.59. The first-order chi connectivity index (χ1) is 12.6. The summed E-state index contributed by atoms with van der Waals surface area (Å²) in [4.78, 5) is 25.4. The highest BCUT2D eigenvalue weighted by Crippen LogP contribution is 2.20. The summed E-state index contributed by atoms with van der Waals surface area (Å²) in [5, 5.41) is 3.42. The van der Waals surface area contributed by atoms with Crippen LogP contribution in [0.15, 0.2) is 36.4 Å². The lowest BCUT2D eigenvalue weighted by Crippen LogP contribution is -2.43. The van der Waals surface area contributed by atoms with E-state index in [2.05, 4.69) is 11.4 Å². The molecule has 0 unspecified atom stereocenters. The van der Waals surface area contributed by atoms with Gasteiger partial charge in [0.15, 0.2) is 6.61 Å². The minimum Gasteiger partial charge on any atom is -0.484 e. The highest BCUT2D eigenvalue weighted by atomic mass is 16.5. The third-order valence-electron chi connectivity index (χ3n) is 5.11. The van der Waals surface area contributed by atoms with Gasteiger partial charge in [-0.3, -0.25) is 9.59 Å². The van der Waals surface area contributed by atoms with E-state index in [-0.39, 0.29) is 30.4 Å². The molecule has 1 fully saturated rings. The van der Waals surface area contributed by atoms with Crippen LogP contribution in [-0.2, 0) is 16.1 Å². The molecule has 26 heavy (non-hydrogen) atoms. The number of likely N-dealkylation sites (tertiary alicyclic amines) is 1. The summed E-state index contributed by atoms with van der Waals surface area (Å²) in [6, 6.07) is 7.77. The van der Waals surface area contributed by atoms with Crippen LogP contribution in [0.4, 0.5) is 0 Å². The Hall–Kier alpha value is -2.34. The van der Waals surface area contributed by atoms with Crippen LogP contribution in [0.1, 0.15) is 31.2 Å². The van der Waals surface area contributed by atoms with Crippen LogP contribution >= 0.6 is 0 Å². The van der Waals surface area contributed by atoms with Crippen LogP contribution in [0.2, 0.25) is 0 Å². The van der Waals surface area contributed by atoms with Crippen molar-refractivity contribution in [2.45, 2.75) is 38.3 Å². The maximum atomic E-state index is 12.0. The molecule has 140 valence electrons. The van der Waals surface area contributed by atoms with E-state index in [0.717, 1.165) is 37.9 Å². The van der Waals surface area contributed by atoms with Crippen molar-refractivity contribution in [3.05, 3.63) is 42.0 Å². The van der Waals surface area contributed by atoms with E-state index in [1.165, 1.54) is 0 Å². The number of hydrogen-bond donors (Lipinski definition) is 2. The first kappa shape index (κ1) is 18.5. The van der Waals surface area contributed by atoms with Crippen molar-refractivity contribution in [2.24, 2.45) is 11.7 Å². The van der Waals surface area contributed by atoms with Gasteiger partial charge < -0.3 is 20.7 Å². The SMILES string of the molecule is NC(=O)[C@@H]1CC=CC[C@H]1NCc1ccc(OCC(=O)N2CCCC2)cc1. The normalized spacial score (nSPS) is 22.4. The first-order valence-electron chi connectivity index (χ1n) is 9.30. The molecular formula is C20H27N3O3. The Bertz CT molecular complexity index is 651. The van der Waals surface area contributed by atoms with Crippen molar-refractivity contribution in [3.8, 4) is 5.75 Å². The van der Waals surface area contributed by atoms with E-state index in [0.29, 0.717) is 18.7 Å². The number of carbonyl (C=O) groups excluding carboxylic acids is 2. The van der Waals surface area contributed by atoms with Crippen LogP contribution in [0.25, 0.3) is 0 Å². The zero-order valence-corrected chi connectivity index (χ0v) is 15.0. The Morgan fingerprint density at radius 3 is 2.50 bits per heavy atom. The van der Waals surface area contributed by atoms with Gasteiger partial charge in [0.2, 0.25) is 5.91 Å². The van der Waals surface area contributed by atoms with Gasteiger partial charge in [-0.1, -0.05) is 24.3 Å². The molecule has 1 aliphatic heterocycles.